The number of urea groups is 1. The Kier molecular flexibility index (Phi) is 5.22. The Morgan fingerprint density at radius 3 is 2.79 bits per heavy atom. The van der Waals surface area contributed by atoms with E-state index in [2.05, 4.69) is 15.6 Å². The molecule has 4 rings (SSSR count). The van der Waals surface area contributed by atoms with Crippen LogP contribution in [0.3, 0.4) is 0 Å². The molecule has 1 aliphatic heterocycles. The summed E-state index contributed by atoms with van der Waals surface area (Å²) in [4.78, 5) is 41.2. The van der Waals surface area contributed by atoms with Crippen molar-refractivity contribution in [2.75, 3.05) is 6.54 Å². The Labute approximate surface area is 172 Å². The molecule has 148 valence electrons. The lowest BCUT2D eigenvalue weighted by molar-refractivity contribution is -0.132. The van der Waals surface area contributed by atoms with Crippen LogP contribution >= 0.6 is 11.6 Å². The molecule has 2 heterocycles. The summed E-state index contributed by atoms with van der Waals surface area (Å²) >= 11 is 5.93. The van der Waals surface area contributed by atoms with E-state index in [0.717, 1.165) is 26.9 Å². The van der Waals surface area contributed by atoms with Crippen molar-refractivity contribution in [3.05, 3.63) is 70.9 Å². The molecular formula is C21H19ClN4O3. The number of rotatable bonds is 6. The first-order chi connectivity index (χ1) is 14.0. The van der Waals surface area contributed by atoms with E-state index < -0.39 is 23.9 Å². The predicted octanol–water partition coefficient (Wildman–Crippen LogP) is 2.60. The highest BCUT2D eigenvalue weighted by molar-refractivity contribution is 6.30. The largest absolute Gasteiger partial charge is 0.361 e. The Morgan fingerprint density at radius 1 is 1.14 bits per heavy atom. The third-order valence-corrected chi connectivity index (χ3v) is 5.12. The minimum Gasteiger partial charge on any atom is -0.361 e. The van der Waals surface area contributed by atoms with Crippen molar-refractivity contribution in [2.24, 2.45) is 0 Å². The number of aromatic amines is 1. The summed E-state index contributed by atoms with van der Waals surface area (Å²) in [5.74, 6) is -0.820. The van der Waals surface area contributed by atoms with E-state index in [0.29, 0.717) is 11.4 Å². The maximum absolute atomic E-state index is 12.7. The molecule has 0 bridgehead atoms. The maximum Gasteiger partial charge on any atom is 0.325 e. The van der Waals surface area contributed by atoms with Gasteiger partial charge in [-0.3, -0.25) is 14.5 Å². The molecule has 4 amide bonds. The van der Waals surface area contributed by atoms with Crippen molar-refractivity contribution < 1.29 is 14.4 Å². The summed E-state index contributed by atoms with van der Waals surface area (Å²) in [5.41, 5.74) is 2.74. The zero-order valence-electron chi connectivity index (χ0n) is 15.4. The van der Waals surface area contributed by atoms with Gasteiger partial charge >= 0.3 is 6.03 Å². The van der Waals surface area contributed by atoms with Crippen LogP contribution in [0.1, 0.15) is 11.1 Å². The average Bonchev–Trinajstić information content (AvgIpc) is 3.23. The number of H-pyrrole nitrogens is 1. The molecule has 1 unspecified atom stereocenters. The summed E-state index contributed by atoms with van der Waals surface area (Å²) < 4.78 is 0. The number of para-hydroxylation sites is 1. The molecule has 7 nitrogen and oxygen atoms in total. The van der Waals surface area contributed by atoms with Gasteiger partial charge in [0.25, 0.3) is 5.91 Å². The van der Waals surface area contributed by atoms with Crippen LogP contribution in [0.4, 0.5) is 4.79 Å². The quantitative estimate of drug-likeness (QED) is 0.545. The molecule has 0 spiro atoms. The minimum atomic E-state index is -0.692. The van der Waals surface area contributed by atoms with Crippen LogP contribution in [0.25, 0.3) is 10.9 Å². The third kappa shape index (κ3) is 4.09. The van der Waals surface area contributed by atoms with Gasteiger partial charge < -0.3 is 15.6 Å². The molecule has 1 fully saturated rings. The van der Waals surface area contributed by atoms with Gasteiger partial charge in [-0.15, -0.1) is 0 Å². The minimum absolute atomic E-state index is 0.266. The molecular weight excluding hydrogens is 392 g/mol. The van der Waals surface area contributed by atoms with Gasteiger partial charge in [-0.05, 0) is 29.3 Å². The third-order valence-electron chi connectivity index (χ3n) is 4.89. The second-order valence-corrected chi connectivity index (χ2v) is 7.33. The maximum atomic E-state index is 12.7. The summed E-state index contributed by atoms with van der Waals surface area (Å²) in [7, 11) is 0. The van der Waals surface area contributed by atoms with Crippen molar-refractivity contribution >= 4 is 40.3 Å². The highest BCUT2D eigenvalue weighted by atomic mass is 35.5. The Hall–Kier alpha value is -3.32. The van der Waals surface area contributed by atoms with Crippen molar-refractivity contribution in [3.8, 4) is 0 Å². The van der Waals surface area contributed by atoms with Gasteiger partial charge in [0.15, 0.2) is 0 Å². The van der Waals surface area contributed by atoms with E-state index in [1.54, 1.807) is 18.2 Å². The van der Waals surface area contributed by atoms with E-state index in [4.69, 9.17) is 11.6 Å². The number of fused-ring (bicyclic) bond motifs is 1. The normalized spacial score (nSPS) is 16.3. The van der Waals surface area contributed by atoms with Gasteiger partial charge in [0.2, 0.25) is 5.91 Å². The second kappa shape index (κ2) is 7.97. The number of carbonyl (C=O) groups is 3. The van der Waals surface area contributed by atoms with Crippen molar-refractivity contribution in [3.63, 3.8) is 0 Å². The fraction of sp³-hybridized carbons (Fsp3) is 0.190. The summed E-state index contributed by atoms with van der Waals surface area (Å²) in [5, 5.41) is 6.95. The van der Waals surface area contributed by atoms with Crippen LogP contribution in [0.2, 0.25) is 5.02 Å². The Morgan fingerprint density at radius 2 is 1.97 bits per heavy atom. The van der Waals surface area contributed by atoms with Crippen LogP contribution < -0.4 is 10.6 Å². The van der Waals surface area contributed by atoms with Crippen molar-refractivity contribution in [1.82, 2.24) is 20.5 Å². The number of hydrogen-bond acceptors (Lipinski definition) is 3. The van der Waals surface area contributed by atoms with Crippen LogP contribution in [-0.4, -0.2) is 40.3 Å². The summed E-state index contributed by atoms with van der Waals surface area (Å²) in [6.45, 7) is -0.0581. The molecule has 3 aromatic rings. The number of aromatic nitrogens is 1. The average molecular weight is 411 g/mol. The van der Waals surface area contributed by atoms with E-state index in [9.17, 15) is 14.4 Å². The number of nitrogens with one attached hydrogen (secondary N) is 3. The lowest BCUT2D eigenvalue weighted by Gasteiger charge is -2.13. The number of carbonyl (C=O) groups excluding carboxylic acids is 3. The molecule has 1 aliphatic rings. The number of amides is 4. The molecule has 1 atom stereocenters. The standard InChI is InChI=1S/C21H19ClN4O3/c22-15-5-3-4-13(8-15)10-24-19(27)12-26-20(28)18(25-21(26)29)9-14-11-23-17-7-2-1-6-16(14)17/h1-8,11,18,23H,9-10,12H2,(H,24,27)(H,25,29). The van der Waals surface area contributed by atoms with Crippen molar-refractivity contribution in [2.45, 2.75) is 19.0 Å². The van der Waals surface area contributed by atoms with Gasteiger partial charge in [-0.25, -0.2) is 4.79 Å². The van der Waals surface area contributed by atoms with Crippen LogP contribution in [0.5, 0.6) is 0 Å². The monoisotopic (exact) mass is 410 g/mol. The smallest absolute Gasteiger partial charge is 0.325 e. The van der Waals surface area contributed by atoms with Crippen LogP contribution in [0, 0.1) is 0 Å². The lowest BCUT2D eigenvalue weighted by Crippen LogP contribution is -2.41. The van der Waals surface area contributed by atoms with Gasteiger partial charge in [0.1, 0.15) is 12.6 Å². The number of hydrogen-bond donors (Lipinski definition) is 3. The van der Waals surface area contributed by atoms with Gasteiger partial charge in [0, 0.05) is 35.1 Å². The molecule has 1 aromatic heterocycles. The van der Waals surface area contributed by atoms with Gasteiger partial charge in [0.05, 0.1) is 0 Å². The Balaban J connectivity index is 1.37. The molecule has 0 radical (unpaired) electrons. The topological polar surface area (TPSA) is 94.3 Å². The molecule has 8 heteroatoms. The number of halogens is 1. The van der Waals surface area contributed by atoms with E-state index in [1.807, 2.05) is 36.5 Å². The van der Waals surface area contributed by atoms with E-state index in [-0.39, 0.29) is 13.1 Å². The van der Waals surface area contributed by atoms with E-state index in [1.165, 1.54) is 0 Å². The van der Waals surface area contributed by atoms with E-state index >= 15 is 0 Å². The molecule has 2 aromatic carbocycles. The zero-order chi connectivity index (χ0) is 20.4. The summed E-state index contributed by atoms with van der Waals surface area (Å²) in [6, 6.07) is 13.6. The predicted molar refractivity (Wildman–Crippen MR) is 109 cm³/mol. The summed E-state index contributed by atoms with van der Waals surface area (Å²) in [6.07, 6.45) is 2.19. The highest BCUT2D eigenvalue weighted by Gasteiger charge is 2.39. The number of benzene rings is 2. The van der Waals surface area contributed by atoms with Gasteiger partial charge in [-0.1, -0.05) is 41.9 Å². The van der Waals surface area contributed by atoms with Crippen LogP contribution in [0.15, 0.2) is 54.7 Å². The Bertz CT molecular complexity index is 1090. The fourth-order valence-corrected chi connectivity index (χ4v) is 3.65. The molecule has 29 heavy (non-hydrogen) atoms. The first-order valence-corrected chi connectivity index (χ1v) is 9.57. The first-order valence-electron chi connectivity index (χ1n) is 9.19. The zero-order valence-corrected chi connectivity index (χ0v) is 16.2. The van der Waals surface area contributed by atoms with Crippen molar-refractivity contribution in [1.29, 1.82) is 0 Å². The second-order valence-electron chi connectivity index (χ2n) is 6.90. The lowest BCUT2D eigenvalue weighted by atomic mass is 10.1. The molecule has 1 saturated heterocycles. The first kappa shape index (κ1) is 19.0. The van der Waals surface area contributed by atoms with Crippen LogP contribution in [-0.2, 0) is 22.6 Å². The SMILES string of the molecule is O=C(CN1C(=O)NC(Cc2c[nH]c3ccccc23)C1=O)NCc1cccc(Cl)c1. The molecule has 3 N–H and O–H groups in total. The number of nitrogens with zero attached hydrogens (tertiary/aromatic N) is 1. The number of imide groups is 1. The fourth-order valence-electron chi connectivity index (χ4n) is 3.43. The van der Waals surface area contributed by atoms with Gasteiger partial charge in [-0.2, -0.15) is 0 Å². The molecule has 0 saturated carbocycles. The molecule has 0 aliphatic carbocycles. The highest BCUT2D eigenvalue weighted by Crippen LogP contribution is 2.21.